The molecule has 1 atom stereocenters. The zero-order valence-electron chi connectivity index (χ0n) is 15.9. The van der Waals surface area contributed by atoms with Gasteiger partial charge < -0.3 is 10.1 Å². The molecular weight excluding hydrogens is 382 g/mol. The maximum atomic E-state index is 12.9. The fourth-order valence-electron chi connectivity index (χ4n) is 3.63. The summed E-state index contributed by atoms with van der Waals surface area (Å²) in [6.45, 7) is 2.58. The molecule has 0 saturated carbocycles. The van der Waals surface area contributed by atoms with Crippen LogP contribution in [0.5, 0.6) is 5.75 Å². The summed E-state index contributed by atoms with van der Waals surface area (Å²) < 4.78 is 6.74. The Labute approximate surface area is 172 Å². The van der Waals surface area contributed by atoms with Gasteiger partial charge in [-0.25, -0.2) is 4.98 Å². The van der Waals surface area contributed by atoms with Gasteiger partial charge in [0.2, 0.25) is 0 Å². The fourth-order valence-corrected chi connectivity index (χ4v) is 4.65. The minimum Gasteiger partial charge on any atom is -0.493 e. The van der Waals surface area contributed by atoms with Crippen LogP contribution in [0.4, 0.5) is 0 Å². The number of ether oxygens (including phenoxy) is 1. The first-order valence-corrected chi connectivity index (χ1v) is 10.4. The van der Waals surface area contributed by atoms with E-state index >= 15 is 0 Å². The Balaban J connectivity index is 1.42. The van der Waals surface area contributed by atoms with Gasteiger partial charge >= 0.3 is 0 Å². The van der Waals surface area contributed by atoms with Crippen molar-refractivity contribution in [2.45, 2.75) is 19.4 Å². The van der Waals surface area contributed by atoms with E-state index in [-0.39, 0.29) is 11.9 Å². The molecule has 5 rings (SSSR count). The van der Waals surface area contributed by atoms with Crippen LogP contribution in [0.2, 0.25) is 0 Å². The summed E-state index contributed by atoms with van der Waals surface area (Å²) in [7, 11) is 0. The van der Waals surface area contributed by atoms with Gasteiger partial charge in [0.05, 0.1) is 22.9 Å². The molecule has 0 bridgehead atoms. The SMILES string of the molecule is Cc1ncccc1-c1nc2cc(C(=O)N[C@H]3CCOc4ccccc43)ccc2s1. The van der Waals surface area contributed by atoms with Crippen LogP contribution >= 0.6 is 11.3 Å². The van der Waals surface area contributed by atoms with Crippen LogP contribution in [0, 0.1) is 6.92 Å². The van der Waals surface area contributed by atoms with Crippen LogP contribution in [0.1, 0.15) is 34.1 Å². The van der Waals surface area contributed by atoms with E-state index in [1.807, 2.05) is 61.5 Å². The molecule has 3 heterocycles. The van der Waals surface area contributed by atoms with E-state index in [2.05, 4.69) is 10.3 Å². The highest BCUT2D eigenvalue weighted by molar-refractivity contribution is 7.21. The molecule has 144 valence electrons. The molecule has 1 aliphatic rings. The van der Waals surface area contributed by atoms with Crippen molar-refractivity contribution in [1.29, 1.82) is 0 Å². The molecule has 0 radical (unpaired) electrons. The number of amides is 1. The molecule has 29 heavy (non-hydrogen) atoms. The second-order valence-electron chi connectivity index (χ2n) is 7.04. The zero-order chi connectivity index (χ0) is 19.8. The van der Waals surface area contributed by atoms with Crippen molar-refractivity contribution in [3.8, 4) is 16.3 Å². The Kier molecular flexibility index (Phi) is 4.48. The predicted octanol–water partition coefficient (Wildman–Crippen LogP) is 4.92. The van der Waals surface area contributed by atoms with E-state index in [1.165, 1.54) is 0 Å². The van der Waals surface area contributed by atoms with Crippen LogP contribution in [-0.2, 0) is 0 Å². The normalized spacial score (nSPS) is 15.6. The third-order valence-corrected chi connectivity index (χ3v) is 6.22. The second kappa shape index (κ2) is 7.29. The molecule has 2 aromatic carbocycles. The fraction of sp³-hybridized carbons (Fsp3) is 0.174. The smallest absolute Gasteiger partial charge is 0.251 e. The summed E-state index contributed by atoms with van der Waals surface area (Å²) in [5, 5.41) is 4.07. The first kappa shape index (κ1) is 17.8. The summed E-state index contributed by atoms with van der Waals surface area (Å²) in [5.41, 5.74) is 4.44. The molecule has 1 aliphatic heterocycles. The highest BCUT2D eigenvalue weighted by Crippen LogP contribution is 2.33. The first-order chi connectivity index (χ1) is 14.2. The van der Waals surface area contributed by atoms with Gasteiger partial charge in [-0.05, 0) is 43.3 Å². The Morgan fingerprint density at radius 2 is 2.07 bits per heavy atom. The Hall–Kier alpha value is -3.25. The van der Waals surface area contributed by atoms with Crippen molar-refractivity contribution in [2.75, 3.05) is 6.61 Å². The first-order valence-electron chi connectivity index (χ1n) is 9.54. The predicted molar refractivity (Wildman–Crippen MR) is 114 cm³/mol. The summed E-state index contributed by atoms with van der Waals surface area (Å²) in [4.78, 5) is 22.0. The number of hydrogen-bond donors (Lipinski definition) is 1. The van der Waals surface area contributed by atoms with Gasteiger partial charge in [-0.15, -0.1) is 11.3 Å². The molecule has 1 amide bonds. The summed E-state index contributed by atoms with van der Waals surface area (Å²) in [6.07, 6.45) is 2.54. The number of pyridine rings is 1. The number of aryl methyl sites for hydroxylation is 1. The average Bonchev–Trinajstić information content (AvgIpc) is 3.17. The van der Waals surface area contributed by atoms with Crippen LogP contribution in [0.3, 0.4) is 0 Å². The number of thiazole rings is 1. The highest BCUT2D eigenvalue weighted by Gasteiger charge is 2.23. The van der Waals surface area contributed by atoms with Crippen molar-refractivity contribution < 1.29 is 9.53 Å². The second-order valence-corrected chi connectivity index (χ2v) is 8.07. The monoisotopic (exact) mass is 401 g/mol. The van der Waals surface area contributed by atoms with Crippen molar-refractivity contribution in [2.24, 2.45) is 0 Å². The lowest BCUT2D eigenvalue weighted by Crippen LogP contribution is -2.32. The number of fused-ring (bicyclic) bond motifs is 2. The number of nitrogens with one attached hydrogen (secondary N) is 1. The number of benzene rings is 2. The molecule has 1 N–H and O–H groups in total. The summed E-state index contributed by atoms with van der Waals surface area (Å²) >= 11 is 1.61. The largest absolute Gasteiger partial charge is 0.493 e. The zero-order valence-corrected chi connectivity index (χ0v) is 16.7. The molecular formula is C23H19N3O2S. The van der Waals surface area contributed by atoms with Crippen molar-refractivity contribution in [3.63, 3.8) is 0 Å². The minimum absolute atomic E-state index is 0.0489. The van der Waals surface area contributed by atoms with Crippen LogP contribution in [0.15, 0.2) is 60.8 Å². The molecule has 0 spiro atoms. The van der Waals surface area contributed by atoms with Crippen LogP contribution in [0.25, 0.3) is 20.8 Å². The van der Waals surface area contributed by atoms with Gasteiger partial charge in [-0.3, -0.25) is 9.78 Å². The van der Waals surface area contributed by atoms with E-state index < -0.39 is 0 Å². The van der Waals surface area contributed by atoms with Crippen LogP contribution in [-0.4, -0.2) is 22.5 Å². The Morgan fingerprint density at radius 3 is 2.97 bits per heavy atom. The number of hydrogen-bond acceptors (Lipinski definition) is 5. The van der Waals surface area contributed by atoms with Gasteiger partial charge in [0, 0.05) is 35.0 Å². The lowest BCUT2D eigenvalue weighted by molar-refractivity contribution is 0.0925. The van der Waals surface area contributed by atoms with Gasteiger partial charge in [-0.1, -0.05) is 18.2 Å². The van der Waals surface area contributed by atoms with Crippen molar-refractivity contribution >= 4 is 27.5 Å². The van der Waals surface area contributed by atoms with Gasteiger partial charge in [0.15, 0.2) is 0 Å². The molecule has 0 unspecified atom stereocenters. The lowest BCUT2D eigenvalue weighted by Gasteiger charge is -2.26. The maximum Gasteiger partial charge on any atom is 0.251 e. The third kappa shape index (κ3) is 3.36. The topological polar surface area (TPSA) is 64.1 Å². The van der Waals surface area contributed by atoms with E-state index in [1.54, 1.807) is 17.5 Å². The Bertz CT molecular complexity index is 1220. The van der Waals surface area contributed by atoms with Gasteiger partial charge in [-0.2, -0.15) is 0 Å². The standard InChI is InChI=1S/C23H19N3O2S/c1-14-16(6-4-11-24-14)23-26-19-13-15(8-9-21(19)29-23)22(27)25-18-10-12-28-20-7-3-2-5-17(18)20/h2-9,11,13,18H,10,12H2,1H3,(H,25,27)/t18-/m0/s1. The third-order valence-electron chi connectivity index (χ3n) is 5.15. The molecule has 2 aromatic heterocycles. The van der Waals surface area contributed by atoms with Crippen LogP contribution < -0.4 is 10.1 Å². The number of aromatic nitrogens is 2. The quantitative estimate of drug-likeness (QED) is 0.529. The molecule has 0 saturated heterocycles. The van der Waals surface area contributed by atoms with Crippen molar-refractivity contribution in [1.82, 2.24) is 15.3 Å². The maximum absolute atomic E-state index is 12.9. The van der Waals surface area contributed by atoms with E-state index in [9.17, 15) is 4.79 Å². The highest BCUT2D eigenvalue weighted by atomic mass is 32.1. The van der Waals surface area contributed by atoms with Crippen molar-refractivity contribution in [3.05, 3.63) is 77.6 Å². The van der Waals surface area contributed by atoms with E-state index in [4.69, 9.17) is 9.72 Å². The Morgan fingerprint density at radius 1 is 1.17 bits per heavy atom. The van der Waals surface area contributed by atoms with Gasteiger partial charge in [0.25, 0.3) is 5.91 Å². The number of carbonyl (C=O) groups is 1. The number of nitrogens with zero attached hydrogens (tertiary/aromatic N) is 2. The van der Waals surface area contributed by atoms with E-state index in [0.29, 0.717) is 12.2 Å². The van der Waals surface area contributed by atoms with E-state index in [0.717, 1.165) is 44.2 Å². The lowest BCUT2D eigenvalue weighted by atomic mass is 10.00. The molecule has 6 heteroatoms. The summed E-state index contributed by atoms with van der Waals surface area (Å²) in [6, 6.07) is 17.4. The number of para-hydroxylation sites is 1. The molecule has 4 aromatic rings. The van der Waals surface area contributed by atoms with Gasteiger partial charge in [0.1, 0.15) is 10.8 Å². The molecule has 0 fully saturated rings. The molecule has 5 nitrogen and oxygen atoms in total. The molecule has 0 aliphatic carbocycles. The number of carbonyl (C=O) groups excluding carboxylic acids is 1. The number of rotatable bonds is 3. The minimum atomic E-state index is -0.0966. The average molecular weight is 401 g/mol. The summed E-state index contributed by atoms with van der Waals surface area (Å²) in [5.74, 6) is 0.746.